The predicted molar refractivity (Wildman–Crippen MR) is 90.9 cm³/mol. The molecule has 2 unspecified atom stereocenters. The van der Waals surface area contributed by atoms with E-state index in [9.17, 15) is 9.18 Å². The van der Waals surface area contributed by atoms with Gasteiger partial charge in [-0.3, -0.25) is 4.79 Å². The van der Waals surface area contributed by atoms with Crippen LogP contribution in [0.15, 0.2) is 36.4 Å². The van der Waals surface area contributed by atoms with Crippen molar-refractivity contribution in [2.45, 2.75) is 11.8 Å². The maximum absolute atomic E-state index is 14.4. The van der Waals surface area contributed by atoms with Crippen LogP contribution in [0.5, 0.6) is 0 Å². The first-order valence-corrected chi connectivity index (χ1v) is 8.01. The molecule has 2 atom stereocenters. The monoisotopic (exact) mass is 352 g/mol. The van der Waals surface area contributed by atoms with Crippen LogP contribution in [0.1, 0.15) is 23.0 Å². The van der Waals surface area contributed by atoms with Crippen molar-refractivity contribution in [3.63, 3.8) is 0 Å². The smallest absolute Gasteiger partial charge is 0.211 e. The van der Waals surface area contributed by atoms with Gasteiger partial charge in [-0.2, -0.15) is 0 Å². The molecule has 1 saturated heterocycles. The van der Waals surface area contributed by atoms with Gasteiger partial charge in [0.05, 0.1) is 5.02 Å². The molecule has 120 valence electrons. The second-order valence-electron chi connectivity index (χ2n) is 5.51. The molecule has 1 heterocycles. The lowest BCUT2D eigenvalue weighted by atomic mass is 9.83. The molecule has 2 N–H and O–H groups in total. The van der Waals surface area contributed by atoms with Gasteiger partial charge < -0.3 is 10.6 Å². The van der Waals surface area contributed by atoms with Crippen molar-refractivity contribution in [1.29, 1.82) is 0 Å². The first-order chi connectivity index (χ1) is 11.1. The van der Waals surface area contributed by atoms with Gasteiger partial charge in [0.2, 0.25) is 6.41 Å². The molecule has 0 spiro atoms. The molecule has 23 heavy (non-hydrogen) atoms. The molecule has 2 aromatic carbocycles. The zero-order chi connectivity index (χ0) is 16.4. The van der Waals surface area contributed by atoms with E-state index in [1.54, 1.807) is 30.3 Å². The fraction of sp³-hybridized carbons (Fsp3) is 0.235. The maximum atomic E-state index is 14.4. The summed E-state index contributed by atoms with van der Waals surface area (Å²) in [6.07, 6.45) is 0.618. The summed E-state index contributed by atoms with van der Waals surface area (Å²) in [5.74, 6) is -0.434. The van der Waals surface area contributed by atoms with Gasteiger partial charge in [-0.15, -0.1) is 0 Å². The number of nitrogens with one attached hydrogen (secondary N) is 2. The van der Waals surface area contributed by atoms with Gasteiger partial charge in [-0.05, 0) is 29.3 Å². The number of halogens is 3. The molecule has 1 aliphatic rings. The van der Waals surface area contributed by atoms with Crippen molar-refractivity contribution in [3.05, 3.63) is 63.4 Å². The average Bonchev–Trinajstić information content (AvgIpc) is 3.00. The van der Waals surface area contributed by atoms with Crippen molar-refractivity contribution in [1.82, 2.24) is 5.32 Å². The highest BCUT2D eigenvalue weighted by Crippen LogP contribution is 2.41. The molecule has 3 nitrogen and oxygen atoms in total. The van der Waals surface area contributed by atoms with Crippen LogP contribution in [0.2, 0.25) is 10.0 Å². The number of amides is 1. The first-order valence-electron chi connectivity index (χ1n) is 7.26. The van der Waals surface area contributed by atoms with Crippen LogP contribution < -0.4 is 10.6 Å². The summed E-state index contributed by atoms with van der Waals surface area (Å²) in [4.78, 5) is 10.9. The minimum atomic E-state index is -0.383. The summed E-state index contributed by atoms with van der Waals surface area (Å²) in [6.45, 7) is 1.33. The third-order valence-electron chi connectivity index (χ3n) is 4.22. The van der Waals surface area contributed by atoms with E-state index in [1.807, 2.05) is 6.07 Å². The largest absolute Gasteiger partial charge is 0.328 e. The summed E-state index contributed by atoms with van der Waals surface area (Å²) in [6, 6.07) is 10.4. The highest BCUT2D eigenvalue weighted by atomic mass is 35.5. The number of anilines is 1. The fourth-order valence-corrected chi connectivity index (χ4v) is 3.53. The number of carbonyl (C=O) groups is 1. The summed E-state index contributed by atoms with van der Waals surface area (Å²) in [5.41, 5.74) is 2.16. The molecule has 1 amide bonds. The second kappa shape index (κ2) is 6.87. The molecular formula is C17H15Cl2FN2O. The van der Waals surface area contributed by atoms with Crippen molar-refractivity contribution in [2.24, 2.45) is 0 Å². The topological polar surface area (TPSA) is 41.1 Å². The minimum absolute atomic E-state index is 0.0164. The predicted octanol–water partition coefficient (Wildman–Crippen LogP) is 4.17. The van der Waals surface area contributed by atoms with E-state index < -0.39 is 0 Å². The summed E-state index contributed by atoms with van der Waals surface area (Å²) < 4.78 is 14.4. The Hall–Kier alpha value is -1.62. The van der Waals surface area contributed by atoms with Crippen molar-refractivity contribution < 1.29 is 9.18 Å². The summed E-state index contributed by atoms with van der Waals surface area (Å²) in [7, 11) is 0. The van der Waals surface area contributed by atoms with Crippen molar-refractivity contribution in [2.75, 3.05) is 18.4 Å². The number of benzene rings is 2. The van der Waals surface area contributed by atoms with Crippen LogP contribution in [0.25, 0.3) is 0 Å². The Balaban J connectivity index is 2.02. The zero-order valence-electron chi connectivity index (χ0n) is 12.2. The van der Waals surface area contributed by atoms with Crippen LogP contribution in [0, 0.1) is 5.82 Å². The lowest BCUT2D eigenvalue weighted by Gasteiger charge is -2.22. The molecule has 2 aromatic rings. The standard InChI is InChI=1S/C17H15Cl2FN2O/c18-10-4-5-11(16(6-10)22-9-23)13-7-21-8-14(13)12-2-1-3-15(19)17(12)20/h1-6,9,13-14,21H,7-8H2,(H,22,23). The highest BCUT2D eigenvalue weighted by molar-refractivity contribution is 6.31. The molecule has 0 aliphatic carbocycles. The molecule has 1 aliphatic heterocycles. The quantitative estimate of drug-likeness (QED) is 0.810. The normalized spacial score (nSPS) is 20.5. The minimum Gasteiger partial charge on any atom is -0.328 e. The third-order valence-corrected chi connectivity index (χ3v) is 4.75. The van der Waals surface area contributed by atoms with Crippen LogP contribution in [-0.2, 0) is 4.79 Å². The Morgan fingerprint density at radius 3 is 2.61 bits per heavy atom. The van der Waals surface area contributed by atoms with Gasteiger partial charge in [0.25, 0.3) is 0 Å². The second-order valence-corrected chi connectivity index (χ2v) is 6.35. The van der Waals surface area contributed by atoms with Gasteiger partial charge in [-0.1, -0.05) is 41.4 Å². The van der Waals surface area contributed by atoms with Crippen LogP contribution >= 0.6 is 23.2 Å². The number of carbonyl (C=O) groups excluding carboxylic acids is 1. The van der Waals surface area contributed by atoms with Gasteiger partial charge in [0.15, 0.2) is 0 Å². The highest BCUT2D eigenvalue weighted by Gasteiger charge is 2.33. The fourth-order valence-electron chi connectivity index (χ4n) is 3.18. The molecule has 0 bridgehead atoms. The van der Waals surface area contributed by atoms with E-state index in [2.05, 4.69) is 10.6 Å². The number of rotatable bonds is 4. The van der Waals surface area contributed by atoms with E-state index in [4.69, 9.17) is 23.2 Å². The van der Waals surface area contributed by atoms with E-state index in [-0.39, 0.29) is 22.7 Å². The van der Waals surface area contributed by atoms with Crippen molar-refractivity contribution in [3.8, 4) is 0 Å². The lowest BCUT2D eigenvalue weighted by Crippen LogP contribution is -2.13. The van der Waals surface area contributed by atoms with E-state index >= 15 is 0 Å². The van der Waals surface area contributed by atoms with Crippen LogP contribution in [-0.4, -0.2) is 19.5 Å². The maximum Gasteiger partial charge on any atom is 0.211 e. The molecule has 1 fully saturated rings. The lowest BCUT2D eigenvalue weighted by molar-refractivity contribution is -0.105. The van der Waals surface area contributed by atoms with Gasteiger partial charge in [0.1, 0.15) is 5.82 Å². The molecule has 0 radical (unpaired) electrons. The Bertz CT molecular complexity index is 739. The average molecular weight is 353 g/mol. The Labute approximate surface area is 143 Å². The molecule has 0 saturated carbocycles. The van der Waals surface area contributed by atoms with E-state index in [1.165, 1.54) is 0 Å². The molecule has 3 rings (SSSR count). The molecule has 0 aromatic heterocycles. The number of hydrogen-bond acceptors (Lipinski definition) is 2. The van der Waals surface area contributed by atoms with Gasteiger partial charge >= 0.3 is 0 Å². The van der Waals surface area contributed by atoms with Gasteiger partial charge in [-0.25, -0.2) is 4.39 Å². The summed E-state index contributed by atoms with van der Waals surface area (Å²) in [5, 5.41) is 6.63. The summed E-state index contributed by atoms with van der Waals surface area (Å²) >= 11 is 11.9. The molecular weight excluding hydrogens is 338 g/mol. The van der Waals surface area contributed by atoms with Gasteiger partial charge in [0, 0.05) is 35.6 Å². The van der Waals surface area contributed by atoms with E-state index in [0.29, 0.717) is 35.8 Å². The SMILES string of the molecule is O=CNc1cc(Cl)ccc1C1CNCC1c1cccc(Cl)c1F. The van der Waals surface area contributed by atoms with Crippen LogP contribution in [0.3, 0.4) is 0 Å². The Morgan fingerprint density at radius 1 is 1.13 bits per heavy atom. The van der Waals surface area contributed by atoms with E-state index in [0.717, 1.165) is 5.56 Å². The first kappa shape index (κ1) is 16.2. The van der Waals surface area contributed by atoms with Crippen molar-refractivity contribution >= 4 is 35.3 Å². The Kier molecular flexibility index (Phi) is 4.85. The Morgan fingerprint density at radius 2 is 1.87 bits per heavy atom. The van der Waals surface area contributed by atoms with Crippen LogP contribution in [0.4, 0.5) is 10.1 Å². The number of hydrogen-bond donors (Lipinski definition) is 2. The molecule has 6 heteroatoms. The third kappa shape index (κ3) is 3.20. The zero-order valence-corrected chi connectivity index (χ0v) is 13.7.